The molecule has 0 spiro atoms. The maximum atomic E-state index is 8.28. The van der Waals surface area contributed by atoms with Crippen LogP contribution in [0.1, 0.15) is 19.3 Å². The van der Waals surface area contributed by atoms with Gasteiger partial charge in [-0.15, -0.1) is 6.58 Å². The number of unbranched alkanes of at least 4 members (excludes halogenated alkanes) is 2. The summed E-state index contributed by atoms with van der Waals surface area (Å²) < 4.78 is 0. The monoisotopic (exact) mass is 198 g/mol. The number of nitrogens with zero attached hydrogens (tertiary/aromatic N) is 1. The van der Waals surface area contributed by atoms with Crippen molar-refractivity contribution >= 4 is 11.8 Å². The third kappa shape index (κ3) is 11.5. The predicted molar refractivity (Wildman–Crippen MR) is 59.9 cm³/mol. The largest absolute Gasteiger partial charge is 0.316 e. The molecule has 0 heterocycles. The van der Waals surface area contributed by atoms with Gasteiger partial charge in [0.05, 0.1) is 6.07 Å². The second-order valence-electron chi connectivity index (χ2n) is 2.73. The molecular weight excluding hydrogens is 180 g/mol. The van der Waals surface area contributed by atoms with Crippen LogP contribution in [0.3, 0.4) is 0 Å². The fourth-order valence-corrected chi connectivity index (χ4v) is 1.51. The van der Waals surface area contributed by atoms with Crippen LogP contribution in [-0.2, 0) is 0 Å². The van der Waals surface area contributed by atoms with Gasteiger partial charge in [0.15, 0.2) is 0 Å². The van der Waals surface area contributed by atoms with E-state index in [1.165, 1.54) is 0 Å². The maximum Gasteiger partial charge on any atom is 0.0621 e. The van der Waals surface area contributed by atoms with E-state index in [1.54, 1.807) is 0 Å². The van der Waals surface area contributed by atoms with Crippen LogP contribution in [0.2, 0.25) is 0 Å². The Morgan fingerprint density at radius 3 is 2.92 bits per heavy atom. The van der Waals surface area contributed by atoms with Gasteiger partial charge in [0.25, 0.3) is 0 Å². The van der Waals surface area contributed by atoms with E-state index in [9.17, 15) is 0 Å². The van der Waals surface area contributed by atoms with Gasteiger partial charge in [-0.2, -0.15) is 17.0 Å². The molecule has 0 rings (SSSR count). The summed E-state index contributed by atoms with van der Waals surface area (Å²) in [5.74, 6) is 2.18. The molecule has 13 heavy (non-hydrogen) atoms. The van der Waals surface area contributed by atoms with E-state index in [4.69, 9.17) is 5.26 Å². The van der Waals surface area contributed by atoms with Gasteiger partial charge in [0.2, 0.25) is 0 Å². The normalized spacial score (nSPS) is 9.46. The zero-order valence-corrected chi connectivity index (χ0v) is 8.91. The summed E-state index contributed by atoms with van der Waals surface area (Å²) in [7, 11) is 0. The summed E-state index contributed by atoms with van der Waals surface area (Å²) in [6.45, 7) is 5.76. The average molecular weight is 198 g/mol. The Labute approximate surface area is 85.4 Å². The molecule has 74 valence electrons. The molecule has 0 saturated carbocycles. The predicted octanol–water partition coefficient (Wildman–Crippen LogP) is 2.19. The van der Waals surface area contributed by atoms with Crippen LogP contribution in [0.5, 0.6) is 0 Å². The van der Waals surface area contributed by atoms with E-state index in [1.807, 2.05) is 17.8 Å². The molecule has 0 amide bonds. The molecule has 0 saturated heterocycles. The first-order valence-electron chi connectivity index (χ1n) is 4.68. The van der Waals surface area contributed by atoms with E-state index in [0.29, 0.717) is 6.42 Å². The van der Waals surface area contributed by atoms with Crippen molar-refractivity contribution in [1.29, 1.82) is 5.26 Å². The van der Waals surface area contributed by atoms with Gasteiger partial charge < -0.3 is 5.32 Å². The second kappa shape index (κ2) is 11.5. The summed E-state index contributed by atoms with van der Waals surface area (Å²) in [6, 6.07) is 2.14. The van der Waals surface area contributed by atoms with Crippen molar-refractivity contribution in [3.8, 4) is 6.07 Å². The third-order valence-electron chi connectivity index (χ3n) is 1.55. The summed E-state index contributed by atoms with van der Waals surface area (Å²) >= 11 is 1.89. The molecular formula is C10H18N2S. The standard InChI is InChI=1S/C10H18N2S/c1-2-9-13-10-8-12-7-5-3-4-6-11/h2,12H,1,3-5,7-10H2. The van der Waals surface area contributed by atoms with Crippen LogP contribution in [-0.4, -0.2) is 24.6 Å². The number of hydrogen-bond donors (Lipinski definition) is 1. The molecule has 0 bridgehead atoms. The van der Waals surface area contributed by atoms with Crippen LogP contribution in [0, 0.1) is 11.3 Å². The quantitative estimate of drug-likeness (QED) is 0.456. The van der Waals surface area contributed by atoms with Crippen molar-refractivity contribution in [1.82, 2.24) is 5.32 Å². The fourth-order valence-electron chi connectivity index (χ4n) is 0.890. The lowest BCUT2D eigenvalue weighted by Crippen LogP contribution is -2.18. The summed E-state index contributed by atoms with van der Waals surface area (Å²) in [5.41, 5.74) is 0. The second-order valence-corrected chi connectivity index (χ2v) is 3.88. The zero-order chi connectivity index (χ0) is 9.78. The third-order valence-corrected chi connectivity index (χ3v) is 2.52. The van der Waals surface area contributed by atoms with Gasteiger partial charge in [0, 0.05) is 24.5 Å². The number of thioether (sulfide) groups is 1. The van der Waals surface area contributed by atoms with E-state index >= 15 is 0 Å². The number of nitrogens with one attached hydrogen (secondary N) is 1. The topological polar surface area (TPSA) is 35.8 Å². The highest BCUT2D eigenvalue weighted by Gasteiger charge is 1.88. The Bertz CT molecular complexity index is 151. The first kappa shape index (κ1) is 12.5. The Morgan fingerprint density at radius 2 is 2.23 bits per heavy atom. The first-order valence-corrected chi connectivity index (χ1v) is 5.83. The van der Waals surface area contributed by atoms with Crippen molar-refractivity contribution in [3.63, 3.8) is 0 Å². The molecule has 0 atom stereocenters. The van der Waals surface area contributed by atoms with E-state index < -0.39 is 0 Å². The summed E-state index contributed by atoms with van der Waals surface area (Å²) in [6.07, 6.45) is 4.74. The Balaban J connectivity index is 2.84. The highest BCUT2D eigenvalue weighted by atomic mass is 32.2. The molecule has 0 aliphatic rings. The molecule has 0 aromatic heterocycles. The minimum Gasteiger partial charge on any atom is -0.316 e. The highest BCUT2D eigenvalue weighted by molar-refractivity contribution is 7.99. The molecule has 0 radical (unpaired) electrons. The SMILES string of the molecule is C=CCSCCNCCCCC#N. The highest BCUT2D eigenvalue weighted by Crippen LogP contribution is 1.97. The number of rotatable bonds is 9. The summed E-state index contributed by atoms with van der Waals surface area (Å²) in [5, 5.41) is 11.6. The van der Waals surface area contributed by atoms with Gasteiger partial charge in [-0.3, -0.25) is 0 Å². The van der Waals surface area contributed by atoms with Crippen molar-refractivity contribution in [2.45, 2.75) is 19.3 Å². The van der Waals surface area contributed by atoms with Crippen LogP contribution < -0.4 is 5.32 Å². The van der Waals surface area contributed by atoms with Crippen molar-refractivity contribution in [2.24, 2.45) is 0 Å². The van der Waals surface area contributed by atoms with E-state index in [2.05, 4.69) is 18.0 Å². The van der Waals surface area contributed by atoms with Crippen LogP contribution in [0.25, 0.3) is 0 Å². The first-order chi connectivity index (χ1) is 6.41. The van der Waals surface area contributed by atoms with E-state index in [-0.39, 0.29) is 0 Å². The van der Waals surface area contributed by atoms with Gasteiger partial charge >= 0.3 is 0 Å². The van der Waals surface area contributed by atoms with E-state index in [0.717, 1.165) is 37.4 Å². The van der Waals surface area contributed by atoms with Crippen LogP contribution in [0.15, 0.2) is 12.7 Å². The Morgan fingerprint density at radius 1 is 1.38 bits per heavy atom. The molecule has 0 aromatic rings. The van der Waals surface area contributed by atoms with Gasteiger partial charge in [-0.25, -0.2) is 0 Å². The molecule has 0 unspecified atom stereocenters. The Hall–Kier alpha value is -0.460. The fraction of sp³-hybridized carbons (Fsp3) is 0.700. The van der Waals surface area contributed by atoms with Crippen molar-refractivity contribution in [3.05, 3.63) is 12.7 Å². The lowest BCUT2D eigenvalue weighted by molar-refractivity contribution is 0.650. The molecule has 0 aliphatic heterocycles. The maximum absolute atomic E-state index is 8.28. The van der Waals surface area contributed by atoms with Crippen molar-refractivity contribution in [2.75, 3.05) is 24.6 Å². The molecule has 0 aliphatic carbocycles. The van der Waals surface area contributed by atoms with Gasteiger partial charge in [0.1, 0.15) is 0 Å². The number of nitriles is 1. The minimum atomic E-state index is 0.687. The van der Waals surface area contributed by atoms with Crippen LogP contribution >= 0.6 is 11.8 Å². The van der Waals surface area contributed by atoms with Gasteiger partial charge in [-0.05, 0) is 19.4 Å². The molecule has 1 N–H and O–H groups in total. The molecule has 3 heteroatoms. The number of hydrogen-bond acceptors (Lipinski definition) is 3. The van der Waals surface area contributed by atoms with Crippen molar-refractivity contribution < 1.29 is 0 Å². The minimum absolute atomic E-state index is 0.687. The van der Waals surface area contributed by atoms with Crippen LogP contribution in [0.4, 0.5) is 0 Å². The van der Waals surface area contributed by atoms with Gasteiger partial charge in [-0.1, -0.05) is 6.08 Å². The zero-order valence-electron chi connectivity index (χ0n) is 8.09. The lowest BCUT2D eigenvalue weighted by Gasteiger charge is -2.02. The molecule has 0 aromatic carbocycles. The average Bonchev–Trinajstić information content (AvgIpc) is 2.16. The lowest BCUT2D eigenvalue weighted by atomic mass is 10.2. The smallest absolute Gasteiger partial charge is 0.0621 e. The molecule has 2 nitrogen and oxygen atoms in total. The Kier molecular flexibility index (Phi) is 11.1. The molecule has 0 fully saturated rings. The summed E-state index contributed by atoms with van der Waals surface area (Å²) in [4.78, 5) is 0.